The third-order valence-electron chi connectivity index (χ3n) is 4.44. The molecule has 1 heterocycles. The average molecular weight is 400 g/mol. The molecule has 28 heavy (non-hydrogen) atoms. The van der Waals surface area contributed by atoms with Gasteiger partial charge in [-0.2, -0.15) is 0 Å². The summed E-state index contributed by atoms with van der Waals surface area (Å²) in [5, 5.41) is 3.00. The smallest absolute Gasteiger partial charge is 0.306 e. The molecule has 1 aromatic carbocycles. The van der Waals surface area contributed by atoms with E-state index in [4.69, 9.17) is 10.5 Å². The number of rotatable bonds is 8. The van der Waals surface area contributed by atoms with Crippen molar-refractivity contribution < 1.29 is 23.9 Å². The van der Waals surface area contributed by atoms with E-state index in [2.05, 4.69) is 5.32 Å². The van der Waals surface area contributed by atoms with Gasteiger partial charge in [-0.15, -0.1) is 11.3 Å². The number of fused-ring (bicyclic) bond motifs is 1. The lowest BCUT2D eigenvalue weighted by Crippen LogP contribution is -2.23. The third kappa shape index (κ3) is 4.64. The fraction of sp³-hybridized carbons (Fsp3) is 0.300. The SMILES string of the molecule is NC(=O)c1c(NC(=O)COC(=O)CCC(=O)c2ccccc2)sc2c1CCC2. The van der Waals surface area contributed by atoms with E-state index in [-0.39, 0.29) is 18.6 Å². The number of ether oxygens (including phenoxy) is 1. The molecular formula is C20H20N2O5S. The number of carbonyl (C=O) groups excluding carboxylic acids is 4. The van der Waals surface area contributed by atoms with Crippen LogP contribution in [0.3, 0.4) is 0 Å². The van der Waals surface area contributed by atoms with Gasteiger partial charge in [0.25, 0.3) is 11.8 Å². The summed E-state index contributed by atoms with van der Waals surface area (Å²) < 4.78 is 4.93. The fourth-order valence-corrected chi connectivity index (χ4v) is 4.43. The second-order valence-corrected chi connectivity index (χ2v) is 7.53. The second-order valence-electron chi connectivity index (χ2n) is 6.42. The molecule has 0 saturated carbocycles. The highest BCUT2D eigenvalue weighted by Gasteiger charge is 2.26. The van der Waals surface area contributed by atoms with Gasteiger partial charge in [-0.25, -0.2) is 0 Å². The van der Waals surface area contributed by atoms with Gasteiger partial charge in [0.2, 0.25) is 0 Å². The minimum atomic E-state index is -0.636. The highest BCUT2D eigenvalue weighted by atomic mass is 32.1. The molecule has 7 nitrogen and oxygen atoms in total. The zero-order chi connectivity index (χ0) is 20.1. The van der Waals surface area contributed by atoms with Crippen LogP contribution in [0.5, 0.6) is 0 Å². The van der Waals surface area contributed by atoms with E-state index in [0.717, 1.165) is 29.7 Å². The number of ketones is 1. The highest BCUT2D eigenvalue weighted by Crippen LogP contribution is 2.38. The first kappa shape index (κ1) is 19.8. The number of aryl methyl sites for hydroxylation is 1. The van der Waals surface area contributed by atoms with Crippen LogP contribution in [0.1, 0.15) is 50.4 Å². The summed E-state index contributed by atoms with van der Waals surface area (Å²) in [4.78, 5) is 48.6. The number of Topliss-reactive ketones (excluding diaryl/α,β-unsaturated/α-hetero) is 1. The van der Waals surface area contributed by atoms with Gasteiger partial charge in [0.15, 0.2) is 12.4 Å². The standard InChI is InChI=1S/C20H20N2O5S/c21-19(26)18-13-7-4-8-15(13)28-20(18)22-16(24)11-27-17(25)10-9-14(23)12-5-2-1-3-6-12/h1-3,5-6H,4,7-11H2,(H2,21,26)(H,22,24). The Labute approximate surface area is 165 Å². The maximum absolute atomic E-state index is 12.1. The van der Waals surface area contributed by atoms with Crippen LogP contribution in [0.4, 0.5) is 5.00 Å². The topological polar surface area (TPSA) is 116 Å². The Morgan fingerprint density at radius 3 is 2.54 bits per heavy atom. The van der Waals surface area contributed by atoms with Gasteiger partial charge in [-0.3, -0.25) is 19.2 Å². The molecular weight excluding hydrogens is 380 g/mol. The molecule has 0 fully saturated rings. The van der Waals surface area contributed by atoms with E-state index in [1.54, 1.807) is 30.3 Å². The Morgan fingerprint density at radius 2 is 1.82 bits per heavy atom. The van der Waals surface area contributed by atoms with E-state index in [1.165, 1.54) is 11.3 Å². The molecule has 2 aromatic rings. The summed E-state index contributed by atoms with van der Waals surface area (Å²) in [6.45, 7) is -0.487. The molecule has 146 valence electrons. The lowest BCUT2D eigenvalue weighted by atomic mass is 10.1. The van der Waals surface area contributed by atoms with Gasteiger partial charge in [0.05, 0.1) is 12.0 Å². The summed E-state index contributed by atoms with van der Waals surface area (Å²) in [7, 11) is 0. The summed E-state index contributed by atoms with van der Waals surface area (Å²) in [5.74, 6) is -1.93. The monoisotopic (exact) mass is 400 g/mol. The molecule has 0 saturated heterocycles. The van der Waals surface area contributed by atoms with Crippen LogP contribution in [0.15, 0.2) is 30.3 Å². The van der Waals surface area contributed by atoms with Crippen LogP contribution < -0.4 is 11.1 Å². The summed E-state index contributed by atoms with van der Waals surface area (Å²) in [6.07, 6.45) is 2.49. The number of nitrogens with two attached hydrogens (primary N) is 1. The van der Waals surface area contributed by atoms with E-state index in [9.17, 15) is 19.2 Å². The van der Waals surface area contributed by atoms with Crippen LogP contribution in [-0.4, -0.2) is 30.2 Å². The lowest BCUT2D eigenvalue weighted by Gasteiger charge is -2.07. The van der Waals surface area contributed by atoms with Crippen molar-refractivity contribution >= 4 is 39.9 Å². The Kier molecular flexibility index (Phi) is 6.20. The number of amides is 2. The van der Waals surface area contributed by atoms with Crippen molar-refractivity contribution in [2.75, 3.05) is 11.9 Å². The number of primary amides is 1. The van der Waals surface area contributed by atoms with Crippen molar-refractivity contribution in [2.45, 2.75) is 32.1 Å². The van der Waals surface area contributed by atoms with E-state index < -0.39 is 24.4 Å². The van der Waals surface area contributed by atoms with Gasteiger partial charge < -0.3 is 15.8 Å². The van der Waals surface area contributed by atoms with Crippen LogP contribution in [0, 0.1) is 0 Å². The molecule has 3 N–H and O–H groups in total. The Balaban J connectivity index is 1.48. The molecule has 1 aliphatic rings. The molecule has 0 unspecified atom stereocenters. The number of anilines is 1. The van der Waals surface area contributed by atoms with Crippen LogP contribution in [0.25, 0.3) is 0 Å². The first-order valence-corrected chi connectivity index (χ1v) is 9.75. The maximum atomic E-state index is 12.1. The highest BCUT2D eigenvalue weighted by molar-refractivity contribution is 7.17. The van der Waals surface area contributed by atoms with E-state index in [1.807, 2.05) is 0 Å². The summed E-state index contributed by atoms with van der Waals surface area (Å²) in [6, 6.07) is 8.65. The summed E-state index contributed by atoms with van der Waals surface area (Å²) >= 11 is 1.33. The first-order valence-electron chi connectivity index (χ1n) is 8.93. The first-order chi connectivity index (χ1) is 13.5. The van der Waals surface area contributed by atoms with Gasteiger partial charge >= 0.3 is 5.97 Å². The average Bonchev–Trinajstić information content (AvgIpc) is 3.25. The van der Waals surface area contributed by atoms with Crippen LogP contribution >= 0.6 is 11.3 Å². The molecule has 1 aliphatic carbocycles. The zero-order valence-electron chi connectivity index (χ0n) is 15.2. The molecule has 1 aromatic heterocycles. The molecule has 0 bridgehead atoms. The largest absolute Gasteiger partial charge is 0.456 e. The second kappa shape index (κ2) is 8.79. The number of benzene rings is 1. The molecule has 0 spiro atoms. The minimum absolute atomic E-state index is 0.00787. The van der Waals surface area contributed by atoms with Crippen molar-refractivity contribution in [3.63, 3.8) is 0 Å². The number of thiophene rings is 1. The van der Waals surface area contributed by atoms with Gasteiger partial charge in [0, 0.05) is 16.9 Å². The molecule has 0 atom stereocenters. The van der Waals surface area contributed by atoms with Crippen LogP contribution in [0.2, 0.25) is 0 Å². The predicted molar refractivity (Wildman–Crippen MR) is 104 cm³/mol. The van der Waals surface area contributed by atoms with Crippen molar-refractivity contribution in [2.24, 2.45) is 5.73 Å². The number of nitrogens with one attached hydrogen (secondary N) is 1. The number of hydrogen-bond acceptors (Lipinski definition) is 6. The number of esters is 1. The minimum Gasteiger partial charge on any atom is -0.456 e. The van der Waals surface area contributed by atoms with E-state index in [0.29, 0.717) is 16.1 Å². The van der Waals surface area contributed by atoms with Crippen molar-refractivity contribution in [3.05, 3.63) is 51.9 Å². The van der Waals surface area contributed by atoms with Gasteiger partial charge in [-0.1, -0.05) is 30.3 Å². The molecule has 0 aliphatic heterocycles. The summed E-state index contributed by atoms with van der Waals surface area (Å²) in [5.41, 5.74) is 7.23. The van der Waals surface area contributed by atoms with Crippen molar-refractivity contribution in [1.29, 1.82) is 0 Å². The normalized spacial score (nSPS) is 12.3. The Hall–Kier alpha value is -3.00. The molecule has 3 rings (SSSR count). The van der Waals surface area contributed by atoms with Gasteiger partial charge in [-0.05, 0) is 24.8 Å². The maximum Gasteiger partial charge on any atom is 0.306 e. The van der Waals surface area contributed by atoms with Crippen LogP contribution in [-0.2, 0) is 27.2 Å². The van der Waals surface area contributed by atoms with E-state index >= 15 is 0 Å². The number of carbonyl (C=O) groups is 4. The lowest BCUT2D eigenvalue weighted by molar-refractivity contribution is -0.147. The molecule has 2 amide bonds. The molecule has 8 heteroatoms. The van der Waals surface area contributed by atoms with Crippen molar-refractivity contribution in [1.82, 2.24) is 0 Å². The molecule has 0 radical (unpaired) electrons. The Bertz CT molecular complexity index is 920. The Morgan fingerprint density at radius 1 is 1.07 bits per heavy atom. The van der Waals surface area contributed by atoms with Gasteiger partial charge in [0.1, 0.15) is 5.00 Å². The number of hydrogen-bond donors (Lipinski definition) is 2. The quantitative estimate of drug-likeness (QED) is 0.522. The van der Waals surface area contributed by atoms with Crippen molar-refractivity contribution in [3.8, 4) is 0 Å². The third-order valence-corrected chi connectivity index (χ3v) is 5.64. The zero-order valence-corrected chi connectivity index (χ0v) is 16.0. The fourth-order valence-electron chi connectivity index (χ4n) is 3.12. The predicted octanol–water partition coefficient (Wildman–Crippen LogP) is 2.48.